The van der Waals surface area contributed by atoms with E-state index in [1.165, 1.54) is 6.07 Å². The van der Waals surface area contributed by atoms with Crippen LogP contribution in [-0.2, 0) is 13.1 Å². The van der Waals surface area contributed by atoms with E-state index in [-0.39, 0.29) is 5.84 Å². The van der Waals surface area contributed by atoms with Crippen molar-refractivity contribution in [3.63, 3.8) is 0 Å². The molecular weight excluding hydrogens is 434 g/mol. The Morgan fingerprint density at radius 3 is 2.26 bits per heavy atom. The van der Waals surface area contributed by atoms with Crippen LogP contribution in [0.15, 0.2) is 95.4 Å². The number of hydrogen-bond donors (Lipinski definition) is 3. The number of nitrogens with two attached hydrogens (primary N) is 1. The van der Waals surface area contributed by atoms with Crippen LogP contribution in [0.2, 0.25) is 0 Å². The first-order valence-electron chi connectivity index (χ1n) is 10.5. The fourth-order valence-electron chi connectivity index (χ4n) is 3.56. The van der Waals surface area contributed by atoms with Crippen molar-refractivity contribution in [3.05, 3.63) is 113 Å². The summed E-state index contributed by atoms with van der Waals surface area (Å²) in [5, 5.41) is 18.0. The van der Waals surface area contributed by atoms with Crippen molar-refractivity contribution < 1.29 is 8.78 Å². The second-order valence-electron chi connectivity index (χ2n) is 7.60. The summed E-state index contributed by atoms with van der Waals surface area (Å²) in [6.45, 7) is 0.991. The maximum Gasteiger partial charge on any atom is 0.177 e. The molecule has 170 valence electrons. The summed E-state index contributed by atoms with van der Waals surface area (Å²) in [4.78, 5) is 4.61. The van der Waals surface area contributed by atoms with E-state index < -0.39 is 11.6 Å². The Hall–Kier alpha value is -4.30. The molecule has 1 aromatic heterocycles. The smallest absolute Gasteiger partial charge is 0.177 e. The molecule has 4 N–H and O–H groups in total. The summed E-state index contributed by atoms with van der Waals surface area (Å²) in [7, 11) is 0. The molecule has 0 radical (unpaired) electrons. The zero-order valence-electron chi connectivity index (χ0n) is 18.2. The summed E-state index contributed by atoms with van der Waals surface area (Å²) in [5.41, 5.74) is 5.73. The maximum atomic E-state index is 13.4. The van der Waals surface area contributed by atoms with Crippen LogP contribution in [0.4, 0.5) is 8.78 Å². The first-order chi connectivity index (χ1) is 16.5. The first kappa shape index (κ1) is 22.9. The predicted octanol–water partition coefficient (Wildman–Crippen LogP) is 5.63. The average molecular weight is 457 g/mol. The number of aromatic nitrogens is 1. The molecule has 0 saturated carbocycles. The van der Waals surface area contributed by atoms with Gasteiger partial charge in [-0.2, -0.15) is 0 Å². The molecule has 4 aromatic rings. The second kappa shape index (κ2) is 10.5. The molecule has 3 aromatic carbocycles. The number of nitrogens with one attached hydrogen (secondary N) is 2. The number of hydrogen-bond acceptors (Lipinski definition) is 4. The first-order valence-corrected chi connectivity index (χ1v) is 10.5. The fraction of sp³-hybridized carbons (Fsp3) is 0.0769. The van der Waals surface area contributed by atoms with Gasteiger partial charge >= 0.3 is 0 Å². The average Bonchev–Trinajstić information content (AvgIpc) is 2.87. The van der Waals surface area contributed by atoms with Gasteiger partial charge in [-0.25, -0.2) is 8.78 Å². The maximum absolute atomic E-state index is 13.4. The van der Waals surface area contributed by atoms with Crippen LogP contribution >= 0.6 is 0 Å². The van der Waals surface area contributed by atoms with Crippen LogP contribution in [0.5, 0.6) is 0 Å². The van der Waals surface area contributed by atoms with Gasteiger partial charge in [-0.05, 0) is 34.9 Å². The van der Waals surface area contributed by atoms with Crippen LogP contribution in [0.1, 0.15) is 16.7 Å². The van der Waals surface area contributed by atoms with Gasteiger partial charge in [0.15, 0.2) is 17.5 Å². The molecule has 0 aliphatic rings. The van der Waals surface area contributed by atoms with Gasteiger partial charge in [-0.1, -0.05) is 65.9 Å². The molecule has 34 heavy (non-hydrogen) atoms. The van der Waals surface area contributed by atoms with Crippen molar-refractivity contribution in [1.29, 1.82) is 5.41 Å². The molecule has 8 heteroatoms. The van der Waals surface area contributed by atoms with Gasteiger partial charge in [0.1, 0.15) is 0 Å². The monoisotopic (exact) mass is 456 g/mol. The number of pyridine rings is 1. The molecular formula is C26H22F2N6. The Kier molecular flexibility index (Phi) is 7.10. The third-order valence-corrected chi connectivity index (χ3v) is 5.27. The lowest BCUT2D eigenvalue weighted by atomic mass is 9.97. The van der Waals surface area contributed by atoms with E-state index in [4.69, 9.17) is 11.3 Å². The Balaban J connectivity index is 1.54. The Morgan fingerprint density at radius 2 is 1.56 bits per heavy atom. The molecule has 0 unspecified atom stereocenters. The van der Waals surface area contributed by atoms with E-state index in [9.17, 15) is 8.78 Å². The Labute approximate surface area is 195 Å². The predicted molar refractivity (Wildman–Crippen MR) is 128 cm³/mol. The van der Waals surface area contributed by atoms with Gasteiger partial charge in [0, 0.05) is 36.0 Å². The standard InChI is InChI=1S/C26H22F2N6/c27-23-11-8-18(12-24(23)28)15-31-14-17-6-9-20(10-7-17)25-22(19-4-2-1-3-5-19)13-21(16-32-25)26(29)33-34-30/h1-13,16,31H,14-15H2,(H3,29,30,33). The fourth-order valence-corrected chi connectivity index (χ4v) is 3.56. The molecule has 0 saturated heterocycles. The van der Waals surface area contributed by atoms with Gasteiger partial charge in [0.2, 0.25) is 0 Å². The highest BCUT2D eigenvalue weighted by Crippen LogP contribution is 2.31. The van der Waals surface area contributed by atoms with Gasteiger partial charge in [-0.15, -0.1) is 5.11 Å². The number of amidine groups is 1. The van der Waals surface area contributed by atoms with Crippen LogP contribution in [0, 0.1) is 17.0 Å². The van der Waals surface area contributed by atoms with Crippen molar-refractivity contribution in [2.75, 3.05) is 0 Å². The summed E-state index contributed by atoms with van der Waals surface area (Å²) in [6.07, 6.45) is 1.58. The zero-order chi connectivity index (χ0) is 23.9. The zero-order valence-corrected chi connectivity index (χ0v) is 18.2. The lowest BCUT2D eigenvalue weighted by Gasteiger charge is -2.12. The Morgan fingerprint density at radius 1 is 0.853 bits per heavy atom. The van der Waals surface area contributed by atoms with Crippen molar-refractivity contribution in [3.8, 4) is 22.4 Å². The summed E-state index contributed by atoms with van der Waals surface area (Å²) >= 11 is 0. The van der Waals surface area contributed by atoms with Crippen molar-refractivity contribution in [1.82, 2.24) is 10.3 Å². The van der Waals surface area contributed by atoms with Crippen molar-refractivity contribution >= 4 is 5.84 Å². The number of nitrogens with zero attached hydrogens (tertiary/aromatic N) is 3. The van der Waals surface area contributed by atoms with Crippen LogP contribution in [0.25, 0.3) is 22.4 Å². The lowest BCUT2D eigenvalue weighted by Crippen LogP contribution is -2.12. The van der Waals surface area contributed by atoms with Gasteiger partial charge in [0.05, 0.1) is 5.69 Å². The largest absolute Gasteiger partial charge is 0.309 e. The molecule has 6 nitrogen and oxygen atoms in total. The van der Waals surface area contributed by atoms with Crippen LogP contribution < -0.4 is 11.2 Å². The summed E-state index contributed by atoms with van der Waals surface area (Å²) < 4.78 is 26.4. The van der Waals surface area contributed by atoms with Gasteiger partial charge in [-0.3, -0.25) is 10.4 Å². The third kappa shape index (κ3) is 5.36. The van der Waals surface area contributed by atoms with Gasteiger partial charge < -0.3 is 11.2 Å². The van der Waals surface area contributed by atoms with Crippen LogP contribution in [-0.4, -0.2) is 10.8 Å². The number of halogens is 2. The van der Waals surface area contributed by atoms with E-state index in [2.05, 4.69) is 20.6 Å². The SMILES string of the molecule is N=C(N=NN)c1cnc(-c2ccc(CNCc3ccc(F)c(F)c3)cc2)c(-c2ccccc2)c1. The molecule has 1 heterocycles. The van der Waals surface area contributed by atoms with E-state index in [0.29, 0.717) is 24.2 Å². The molecule has 0 aliphatic heterocycles. The minimum atomic E-state index is -0.850. The number of rotatable bonds is 7. The molecule has 4 rings (SSSR count). The third-order valence-electron chi connectivity index (χ3n) is 5.27. The van der Waals surface area contributed by atoms with Crippen molar-refractivity contribution in [2.24, 2.45) is 16.2 Å². The van der Waals surface area contributed by atoms with Crippen molar-refractivity contribution in [2.45, 2.75) is 13.1 Å². The second-order valence-corrected chi connectivity index (χ2v) is 7.60. The van der Waals surface area contributed by atoms with Gasteiger partial charge in [0.25, 0.3) is 0 Å². The van der Waals surface area contributed by atoms with Crippen LogP contribution in [0.3, 0.4) is 0 Å². The summed E-state index contributed by atoms with van der Waals surface area (Å²) in [6, 6.07) is 23.5. The minimum Gasteiger partial charge on any atom is -0.309 e. The molecule has 0 fully saturated rings. The molecule has 0 aliphatic carbocycles. The lowest BCUT2D eigenvalue weighted by molar-refractivity contribution is 0.506. The van der Waals surface area contributed by atoms with E-state index in [1.54, 1.807) is 12.3 Å². The number of benzene rings is 3. The summed E-state index contributed by atoms with van der Waals surface area (Å²) in [5.74, 6) is 3.32. The minimum absolute atomic E-state index is 0.0683. The highest BCUT2D eigenvalue weighted by atomic mass is 19.2. The molecule has 0 bridgehead atoms. The highest BCUT2D eigenvalue weighted by molar-refractivity contribution is 5.98. The van der Waals surface area contributed by atoms with E-state index >= 15 is 0 Å². The normalized spacial score (nSPS) is 11.1. The Bertz CT molecular complexity index is 1320. The van der Waals surface area contributed by atoms with E-state index in [0.717, 1.165) is 34.0 Å². The van der Waals surface area contributed by atoms with E-state index in [1.807, 2.05) is 60.7 Å². The topological polar surface area (TPSA) is 99.5 Å². The molecule has 0 amide bonds. The highest BCUT2D eigenvalue weighted by Gasteiger charge is 2.13. The molecule has 0 spiro atoms. The molecule has 0 atom stereocenters. The quantitative estimate of drug-likeness (QED) is 0.110.